The SMILES string of the molecule is Cc1c(-c2ncco2)sc2c1c(=O)n(C(C)(C)C(=O)O)c(=O)n2CC(O[C@H]1C[C@H]2C[C@@H](O)C[C@H]2C1)c1ccccc1CC#N. The number of oxazole rings is 1. The first-order valence-corrected chi connectivity index (χ1v) is 15.5. The molecule has 6 rings (SSSR count). The molecule has 1 unspecified atom stereocenters. The third kappa shape index (κ3) is 5.08. The highest BCUT2D eigenvalue weighted by Crippen LogP contribution is 2.46. The Morgan fingerprint density at radius 3 is 2.57 bits per heavy atom. The van der Waals surface area contributed by atoms with Gasteiger partial charge in [0.15, 0.2) is 0 Å². The summed E-state index contributed by atoms with van der Waals surface area (Å²) in [5, 5.41) is 30.0. The molecular formula is C32H34N4O7S. The second-order valence-corrected chi connectivity index (χ2v) is 13.4. The lowest BCUT2D eigenvalue weighted by molar-refractivity contribution is -0.146. The molecule has 0 bridgehead atoms. The summed E-state index contributed by atoms with van der Waals surface area (Å²) in [4.78, 5) is 45.7. The zero-order chi connectivity index (χ0) is 31.3. The Kier molecular flexibility index (Phi) is 7.82. The number of aryl methyl sites for hydroxylation is 1. The van der Waals surface area contributed by atoms with Gasteiger partial charge in [-0.1, -0.05) is 24.3 Å². The zero-order valence-corrected chi connectivity index (χ0v) is 25.5. The first-order valence-electron chi connectivity index (χ1n) is 14.7. The first-order chi connectivity index (χ1) is 21.0. The molecule has 2 aliphatic carbocycles. The van der Waals surface area contributed by atoms with Crippen LogP contribution in [0.15, 0.2) is 50.7 Å². The van der Waals surface area contributed by atoms with E-state index < -0.39 is 28.9 Å². The van der Waals surface area contributed by atoms with E-state index in [0.717, 1.165) is 41.4 Å². The molecule has 5 atom stereocenters. The van der Waals surface area contributed by atoms with E-state index in [9.17, 15) is 29.9 Å². The number of fused-ring (bicyclic) bond motifs is 2. The maximum atomic E-state index is 14.3. The number of hydrogen-bond donors (Lipinski definition) is 2. The van der Waals surface area contributed by atoms with Crippen molar-refractivity contribution in [1.29, 1.82) is 5.26 Å². The van der Waals surface area contributed by atoms with Gasteiger partial charge in [-0.05, 0) is 75.0 Å². The molecule has 2 N–H and O–H groups in total. The van der Waals surface area contributed by atoms with Crippen molar-refractivity contribution < 1.29 is 24.2 Å². The fourth-order valence-corrected chi connectivity index (χ4v) is 8.22. The molecule has 0 amide bonds. The van der Waals surface area contributed by atoms with Gasteiger partial charge < -0.3 is 19.4 Å². The van der Waals surface area contributed by atoms with Crippen LogP contribution in [0.3, 0.4) is 0 Å². The van der Waals surface area contributed by atoms with Crippen molar-refractivity contribution in [2.45, 2.75) is 83.3 Å². The number of aliphatic carboxylic acids is 1. The van der Waals surface area contributed by atoms with Gasteiger partial charge in [-0.3, -0.25) is 9.36 Å². The van der Waals surface area contributed by atoms with Gasteiger partial charge in [-0.2, -0.15) is 5.26 Å². The Bertz CT molecular complexity index is 1870. The first kappa shape index (κ1) is 30.0. The van der Waals surface area contributed by atoms with Gasteiger partial charge in [0.1, 0.15) is 22.7 Å². The normalized spacial score (nSPS) is 22.2. The maximum absolute atomic E-state index is 14.3. The van der Waals surface area contributed by atoms with Crippen LogP contribution in [0.4, 0.5) is 0 Å². The summed E-state index contributed by atoms with van der Waals surface area (Å²) in [6.45, 7) is 4.36. The van der Waals surface area contributed by atoms with Crippen molar-refractivity contribution in [3.05, 3.63) is 74.3 Å². The van der Waals surface area contributed by atoms with E-state index >= 15 is 0 Å². The number of aliphatic hydroxyl groups excluding tert-OH is 1. The monoisotopic (exact) mass is 618 g/mol. The van der Waals surface area contributed by atoms with E-state index in [2.05, 4.69) is 11.1 Å². The fourth-order valence-electron chi connectivity index (χ4n) is 6.98. The molecule has 2 fully saturated rings. The van der Waals surface area contributed by atoms with Crippen LogP contribution in [0.5, 0.6) is 0 Å². The molecule has 0 spiro atoms. The van der Waals surface area contributed by atoms with Crippen LogP contribution in [0.25, 0.3) is 21.0 Å². The predicted octanol–water partition coefficient (Wildman–Crippen LogP) is 4.38. The molecular weight excluding hydrogens is 584 g/mol. The standard InChI is InChI=1S/C32H34N4O7S/c1-17-25-28(38)36(32(2,3)30(39)40)31(41)35(29(25)44-26(17)27-34-10-11-42-27)16-24(23-7-5-4-6-18(23)8-9-33)43-22-14-19-12-21(37)13-20(19)15-22/h4-7,10-11,19-22,24,37H,8,12-16H2,1-3H3,(H,39,40)/t19-,20+,21-,22+,24?. The average molecular weight is 619 g/mol. The van der Waals surface area contributed by atoms with E-state index in [1.165, 1.54) is 42.2 Å². The largest absolute Gasteiger partial charge is 0.480 e. The number of thiophene rings is 1. The van der Waals surface area contributed by atoms with Gasteiger partial charge in [-0.25, -0.2) is 19.1 Å². The second kappa shape index (κ2) is 11.5. The van der Waals surface area contributed by atoms with Crippen LogP contribution >= 0.6 is 11.3 Å². The van der Waals surface area contributed by atoms with Gasteiger partial charge in [0.25, 0.3) is 5.56 Å². The molecule has 230 valence electrons. The number of carboxylic acids is 1. The van der Waals surface area contributed by atoms with Gasteiger partial charge in [0, 0.05) is 0 Å². The molecule has 2 saturated carbocycles. The van der Waals surface area contributed by atoms with Gasteiger partial charge in [0.05, 0.1) is 47.7 Å². The molecule has 12 heteroatoms. The molecule has 4 aromatic rings. The predicted molar refractivity (Wildman–Crippen MR) is 162 cm³/mol. The third-order valence-corrected chi connectivity index (χ3v) is 10.5. The van der Waals surface area contributed by atoms with Gasteiger partial charge in [-0.15, -0.1) is 11.3 Å². The quantitative estimate of drug-likeness (QED) is 0.277. The Labute approximate surface area is 257 Å². The Hall–Kier alpha value is -4.05. The minimum absolute atomic E-state index is 0.0206. The van der Waals surface area contributed by atoms with Crippen molar-refractivity contribution in [2.24, 2.45) is 11.8 Å². The minimum Gasteiger partial charge on any atom is -0.480 e. The summed E-state index contributed by atoms with van der Waals surface area (Å²) in [6.07, 6.45) is 5.00. The average Bonchev–Trinajstić information content (AvgIpc) is 3.75. The summed E-state index contributed by atoms with van der Waals surface area (Å²) < 4.78 is 14.6. The summed E-state index contributed by atoms with van der Waals surface area (Å²) in [5.74, 6) is -0.310. The molecule has 0 saturated heterocycles. The van der Waals surface area contributed by atoms with Crippen molar-refractivity contribution in [3.8, 4) is 16.8 Å². The molecule has 0 radical (unpaired) electrons. The summed E-state index contributed by atoms with van der Waals surface area (Å²) in [7, 11) is 0. The number of ether oxygens (including phenoxy) is 1. The Morgan fingerprint density at radius 2 is 1.93 bits per heavy atom. The lowest BCUT2D eigenvalue weighted by Gasteiger charge is -2.28. The van der Waals surface area contributed by atoms with Crippen LogP contribution in [-0.4, -0.2) is 42.5 Å². The van der Waals surface area contributed by atoms with E-state index in [0.29, 0.717) is 27.1 Å². The van der Waals surface area contributed by atoms with Crippen LogP contribution in [-0.2, 0) is 28.0 Å². The van der Waals surface area contributed by atoms with Crippen LogP contribution in [0.1, 0.15) is 62.3 Å². The molecule has 0 aliphatic heterocycles. The maximum Gasteiger partial charge on any atom is 0.333 e. The minimum atomic E-state index is -1.85. The zero-order valence-electron chi connectivity index (χ0n) is 24.7. The van der Waals surface area contributed by atoms with Crippen molar-refractivity contribution in [2.75, 3.05) is 0 Å². The van der Waals surface area contributed by atoms with E-state index in [1.807, 2.05) is 24.3 Å². The molecule has 11 nitrogen and oxygen atoms in total. The number of rotatable bonds is 9. The molecule has 3 heterocycles. The van der Waals surface area contributed by atoms with Crippen molar-refractivity contribution in [1.82, 2.24) is 14.1 Å². The van der Waals surface area contributed by atoms with Crippen molar-refractivity contribution in [3.63, 3.8) is 0 Å². The smallest absolute Gasteiger partial charge is 0.333 e. The molecule has 44 heavy (non-hydrogen) atoms. The molecule has 3 aromatic heterocycles. The van der Waals surface area contributed by atoms with Crippen LogP contribution in [0.2, 0.25) is 0 Å². The highest BCUT2D eigenvalue weighted by molar-refractivity contribution is 7.22. The van der Waals surface area contributed by atoms with E-state index in [-0.39, 0.29) is 36.5 Å². The van der Waals surface area contributed by atoms with Crippen LogP contribution in [0, 0.1) is 30.1 Å². The molecule has 2 aliphatic rings. The van der Waals surface area contributed by atoms with Gasteiger partial charge >= 0.3 is 11.7 Å². The van der Waals surface area contributed by atoms with Crippen LogP contribution < -0.4 is 11.2 Å². The highest BCUT2D eigenvalue weighted by atomic mass is 32.1. The number of benzene rings is 1. The Morgan fingerprint density at radius 1 is 1.23 bits per heavy atom. The number of nitriles is 1. The van der Waals surface area contributed by atoms with E-state index in [4.69, 9.17) is 9.15 Å². The highest BCUT2D eigenvalue weighted by Gasteiger charge is 2.43. The molecule has 1 aromatic carbocycles. The summed E-state index contributed by atoms with van der Waals surface area (Å²) in [5.41, 5.74) is -1.27. The fraction of sp³-hybridized carbons (Fsp3) is 0.469. The number of aliphatic hydroxyl groups is 1. The number of aromatic nitrogens is 3. The summed E-state index contributed by atoms with van der Waals surface area (Å²) >= 11 is 1.18. The second-order valence-electron chi connectivity index (χ2n) is 12.4. The van der Waals surface area contributed by atoms with Crippen molar-refractivity contribution >= 4 is 27.5 Å². The summed E-state index contributed by atoms with van der Waals surface area (Å²) in [6, 6.07) is 9.66. The topological polar surface area (TPSA) is 161 Å². The Balaban J connectivity index is 1.53. The lowest BCUT2D eigenvalue weighted by atomic mass is 9.99. The number of nitrogens with zero attached hydrogens (tertiary/aromatic N) is 4. The van der Waals surface area contributed by atoms with Gasteiger partial charge in [0.2, 0.25) is 5.89 Å². The number of carbonyl (C=O) groups is 1. The lowest BCUT2D eigenvalue weighted by Crippen LogP contribution is -2.52. The van der Waals surface area contributed by atoms with E-state index in [1.54, 1.807) is 6.92 Å². The number of carboxylic acid groups (broad SMARTS) is 1. The number of hydrogen-bond acceptors (Lipinski definition) is 9. The third-order valence-electron chi connectivity index (χ3n) is 9.25.